The Bertz CT molecular complexity index is 911. The first-order chi connectivity index (χ1) is 13.3. The molecule has 0 N–H and O–H groups in total. The van der Waals surface area contributed by atoms with Crippen molar-refractivity contribution in [1.29, 1.82) is 5.26 Å². The van der Waals surface area contributed by atoms with Gasteiger partial charge in [0.2, 0.25) is 0 Å². The molecule has 1 aliphatic rings. The van der Waals surface area contributed by atoms with E-state index in [1.165, 1.54) is 18.2 Å². The molecule has 2 aromatic carbocycles. The predicted molar refractivity (Wildman–Crippen MR) is 108 cm³/mol. The molecule has 0 bridgehead atoms. The minimum absolute atomic E-state index is 0.105. The van der Waals surface area contributed by atoms with Crippen LogP contribution in [0.3, 0.4) is 0 Å². The molecule has 1 aliphatic heterocycles. The van der Waals surface area contributed by atoms with Gasteiger partial charge >= 0.3 is 0 Å². The first-order valence-electron chi connectivity index (χ1n) is 8.88. The molecule has 2 aromatic rings. The van der Waals surface area contributed by atoms with Crippen molar-refractivity contribution in [1.82, 2.24) is 0 Å². The summed E-state index contributed by atoms with van der Waals surface area (Å²) in [6, 6.07) is 9.31. The number of rotatable bonds is 6. The molecule has 1 heterocycles. The summed E-state index contributed by atoms with van der Waals surface area (Å²) in [6.07, 6.45) is 0.536. The molecule has 0 saturated carbocycles. The van der Waals surface area contributed by atoms with Gasteiger partial charge in [-0.1, -0.05) is 6.07 Å². The van der Waals surface area contributed by atoms with Crippen LogP contribution in [0.5, 0.6) is 5.75 Å². The minimum Gasteiger partial charge on any atom is -0.492 e. The standard InChI is InChI=1S/C21H20F2INO3/c1-21(2)27-12-17(28-21)5-6-26-20-9-15(22)8-14(18(20)11-25)7-13-3-4-16(24)10-19(13)23/h3-4,8-10,17H,5-7,12H2,1-2H3/t17-/m1/s1. The van der Waals surface area contributed by atoms with E-state index < -0.39 is 11.6 Å². The minimum atomic E-state index is -0.619. The van der Waals surface area contributed by atoms with E-state index in [4.69, 9.17) is 14.2 Å². The van der Waals surface area contributed by atoms with Gasteiger partial charge in [0.15, 0.2) is 5.79 Å². The molecule has 28 heavy (non-hydrogen) atoms. The van der Waals surface area contributed by atoms with E-state index in [-0.39, 0.29) is 36.3 Å². The third-order valence-corrected chi connectivity index (χ3v) is 5.09. The molecule has 0 amide bonds. The van der Waals surface area contributed by atoms with Crippen LogP contribution in [0.1, 0.15) is 37.0 Å². The van der Waals surface area contributed by atoms with Gasteiger partial charge in [-0.2, -0.15) is 5.26 Å². The molecule has 0 spiro atoms. The zero-order chi connectivity index (χ0) is 20.3. The van der Waals surface area contributed by atoms with Gasteiger partial charge in [-0.3, -0.25) is 0 Å². The molecule has 0 unspecified atom stereocenters. The second-order valence-electron chi connectivity index (χ2n) is 7.05. The molecule has 1 atom stereocenters. The molecule has 3 rings (SSSR count). The van der Waals surface area contributed by atoms with E-state index in [1.54, 1.807) is 12.1 Å². The first kappa shape index (κ1) is 21.0. The molecule has 0 radical (unpaired) electrons. The molecule has 1 saturated heterocycles. The van der Waals surface area contributed by atoms with Crippen molar-refractivity contribution in [2.24, 2.45) is 0 Å². The number of ether oxygens (including phenoxy) is 3. The van der Waals surface area contributed by atoms with E-state index in [0.29, 0.717) is 24.2 Å². The van der Waals surface area contributed by atoms with Crippen molar-refractivity contribution >= 4 is 22.6 Å². The molecule has 0 aliphatic carbocycles. The normalized spacial score (nSPS) is 18.1. The molecular formula is C21H20F2INO3. The topological polar surface area (TPSA) is 51.5 Å². The molecule has 0 aromatic heterocycles. The van der Waals surface area contributed by atoms with Crippen LogP contribution in [0.15, 0.2) is 30.3 Å². The molecule has 148 valence electrons. The monoisotopic (exact) mass is 499 g/mol. The lowest BCUT2D eigenvalue weighted by Gasteiger charge is -2.17. The van der Waals surface area contributed by atoms with Crippen LogP contribution in [0.25, 0.3) is 0 Å². The quantitative estimate of drug-likeness (QED) is 0.528. The van der Waals surface area contributed by atoms with Gasteiger partial charge < -0.3 is 14.2 Å². The lowest BCUT2D eigenvalue weighted by molar-refractivity contribution is -0.139. The third kappa shape index (κ3) is 5.19. The lowest BCUT2D eigenvalue weighted by atomic mass is 9.99. The van der Waals surface area contributed by atoms with Crippen LogP contribution in [0, 0.1) is 26.5 Å². The van der Waals surface area contributed by atoms with Crippen molar-refractivity contribution in [2.75, 3.05) is 13.2 Å². The van der Waals surface area contributed by atoms with Gasteiger partial charge in [-0.25, -0.2) is 8.78 Å². The highest BCUT2D eigenvalue weighted by atomic mass is 127. The van der Waals surface area contributed by atoms with E-state index in [9.17, 15) is 14.0 Å². The fraction of sp³-hybridized carbons (Fsp3) is 0.381. The van der Waals surface area contributed by atoms with Crippen LogP contribution in [-0.2, 0) is 15.9 Å². The Morgan fingerprint density at radius 1 is 1.25 bits per heavy atom. The fourth-order valence-corrected chi connectivity index (χ4v) is 3.55. The van der Waals surface area contributed by atoms with Crippen LogP contribution < -0.4 is 4.74 Å². The number of nitriles is 1. The lowest BCUT2D eigenvalue weighted by Crippen LogP contribution is -2.22. The fourth-order valence-electron chi connectivity index (χ4n) is 3.09. The van der Waals surface area contributed by atoms with E-state index in [1.807, 2.05) is 36.4 Å². The van der Waals surface area contributed by atoms with Crippen LogP contribution in [0.2, 0.25) is 0 Å². The molecule has 4 nitrogen and oxygen atoms in total. The summed E-state index contributed by atoms with van der Waals surface area (Å²) >= 11 is 2.02. The van der Waals surface area contributed by atoms with Gasteiger partial charge in [0, 0.05) is 22.5 Å². The maximum Gasteiger partial charge on any atom is 0.163 e. The zero-order valence-electron chi connectivity index (χ0n) is 15.6. The summed E-state index contributed by atoms with van der Waals surface area (Å²) in [4.78, 5) is 0. The average molecular weight is 499 g/mol. The molecule has 7 heteroatoms. The number of hydrogen-bond donors (Lipinski definition) is 0. The van der Waals surface area contributed by atoms with E-state index in [2.05, 4.69) is 6.07 Å². The van der Waals surface area contributed by atoms with Gasteiger partial charge in [-0.15, -0.1) is 0 Å². The van der Waals surface area contributed by atoms with Crippen LogP contribution in [0.4, 0.5) is 8.78 Å². The number of benzene rings is 2. The van der Waals surface area contributed by atoms with Crippen LogP contribution in [-0.4, -0.2) is 25.1 Å². The number of nitrogens with zero attached hydrogens (tertiary/aromatic N) is 1. The van der Waals surface area contributed by atoms with Gasteiger partial charge in [0.25, 0.3) is 0 Å². The van der Waals surface area contributed by atoms with Crippen molar-refractivity contribution < 1.29 is 23.0 Å². The first-order valence-corrected chi connectivity index (χ1v) is 9.96. The molecule has 1 fully saturated rings. The predicted octanol–water partition coefficient (Wildman–Crippen LogP) is 4.95. The number of halogens is 3. The Morgan fingerprint density at radius 3 is 2.68 bits per heavy atom. The Hall–Kier alpha value is -1.76. The second-order valence-corrected chi connectivity index (χ2v) is 8.30. The molecular weight excluding hydrogens is 479 g/mol. The summed E-state index contributed by atoms with van der Waals surface area (Å²) in [7, 11) is 0. The highest BCUT2D eigenvalue weighted by Gasteiger charge is 2.32. The average Bonchev–Trinajstić information content (AvgIpc) is 2.96. The van der Waals surface area contributed by atoms with E-state index >= 15 is 0 Å². The Morgan fingerprint density at radius 2 is 2.04 bits per heavy atom. The maximum absolute atomic E-state index is 14.2. The van der Waals surface area contributed by atoms with Crippen molar-refractivity contribution in [3.63, 3.8) is 0 Å². The van der Waals surface area contributed by atoms with Crippen molar-refractivity contribution in [2.45, 2.75) is 38.6 Å². The summed E-state index contributed by atoms with van der Waals surface area (Å²) in [6.45, 7) is 4.38. The van der Waals surface area contributed by atoms with Crippen LogP contribution >= 0.6 is 22.6 Å². The SMILES string of the molecule is CC1(C)OC[C@@H](CCOc2cc(F)cc(Cc3ccc(I)cc3F)c2C#N)O1. The third-order valence-electron chi connectivity index (χ3n) is 4.42. The Kier molecular flexibility index (Phi) is 6.53. The highest BCUT2D eigenvalue weighted by Crippen LogP contribution is 2.28. The Labute approximate surface area is 176 Å². The van der Waals surface area contributed by atoms with Crippen molar-refractivity contribution in [3.05, 3.63) is 62.2 Å². The Balaban J connectivity index is 1.74. The second kappa shape index (κ2) is 8.72. The summed E-state index contributed by atoms with van der Waals surface area (Å²) in [5.41, 5.74) is 0.995. The highest BCUT2D eigenvalue weighted by molar-refractivity contribution is 14.1. The zero-order valence-corrected chi connectivity index (χ0v) is 17.8. The summed E-state index contributed by atoms with van der Waals surface area (Å²) in [5.74, 6) is -1.38. The van der Waals surface area contributed by atoms with Gasteiger partial charge in [-0.05, 0) is 65.8 Å². The van der Waals surface area contributed by atoms with Gasteiger partial charge in [0.05, 0.1) is 24.9 Å². The smallest absolute Gasteiger partial charge is 0.163 e. The largest absolute Gasteiger partial charge is 0.492 e. The summed E-state index contributed by atoms with van der Waals surface area (Å²) < 4.78 is 45.9. The summed E-state index contributed by atoms with van der Waals surface area (Å²) in [5, 5.41) is 9.57. The maximum atomic E-state index is 14.2. The van der Waals surface area contributed by atoms with E-state index in [0.717, 1.165) is 3.57 Å². The van der Waals surface area contributed by atoms with Crippen molar-refractivity contribution in [3.8, 4) is 11.8 Å². The van der Waals surface area contributed by atoms with Gasteiger partial charge in [0.1, 0.15) is 23.5 Å². The number of hydrogen-bond acceptors (Lipinski definition) is 4.